The van der Waals surface area contributed by atoms with Crippen LogP contribution in [-0.2, 0) is 4.79 Å². The third kappa shape index (κ3) is 13.6. The molecule has 1 amide bonds. The molecule has 0 atom stereocenters. The summed E-state index contributed by atoms with van der Waals surface area (Å²) in [4.78, 5) is 17.4. The number of allylic oxidation sites excluding steroid dienone is 1. The molecule has 3 heteroatoms. The van der Waals surface area contributed by atoms with Crippen LogP contribution < -0.4 is 0 Å². The number of nitrogens with zero attached hydrogens (tertiary/aromatic N) is 2. The van der Waals surface area contributed by atoms with Gasteiger partial charge in [0.25, 0.3) is 0 Å². The summed E-state index contributed by atoms with van der Waals surface area (Å²) < 4.78 is 0. The highest BCUT2D eigenvalue weighted by atomic mass is 16.2. The van der Waals surface area contributed by atoms with Crippen molar-refractivity contribution in [3.63, 3.8) is 0 Å². The van der Waals surface area contributed by atoms with Gasteiger partial charge >= 0.3 is 0 Å². The van der Waals surface area contributed by atoms with E-state index in [2.05, 4.69) is 4.99 Å². The van der Waals surface area contributed by atoms with E-state index in [1.807, 2.05) is 82.4 Å². The maximum Gasteiger partial charge on any atom is 0.228 e. The standard InChI is InChI=1S/C10H16N2O.4C2H6/c1-4-8-7-12(3)10(13)6-9(8)11-5-2;4*1-2/h4H,5-7H2,1-3H3;4*1-2H3/b8-4-,11-9?;;;;. The first kappa shape index (κ1) is 28.1. The summed E-state index contributed by atoms with van der Waals surface area (Å²) in [6.07, 6.45) is 2.50. The van der Waals surface area contributed by atoms with E-state index >= 15 is 0 Å². The summed E-state index contributed by atoms with van der Waals surface area (Å²) in [7, 11) is 1.83. The minimum atomic E-state index is 0.165. The van der Waals surface area contributed by atoms with Crippen molar-refractivity contribution >= 4 is 11.6 Å². The lowest BCUT2D eigenvalue weighted by atomic mass is 10.0. The first-order chi connectivity index (χ1) is 10.2. The molecule has 1 heterocycles. The summed E-state index contributed by atoms with van der Waals surface area (Å²) in [5.74, 6) is 0.165. The van der Waals surface area contributed by atoms with Crippen molar-refractivity contribution in [2.75, 3.05) is 20.1 Å². The first-order valence-electron chi connectivity index (χ1n) is 8.61. The number of piperidine rings is 1. The van der Waals surface area contributed by atoms with E-state index in [1.165, 1.54) is 5.57 Å². The van der Waals surface area contributed by atoms with Crippen LogP contribution in [0.1, 0.15) is 75.7 Å². The lowest BCUT2D eigenvalue weighted by molar-refractivity contribution is -0.128. The predicted molar refractivity (Wildman–Crippen MR) is 99.4 cm³/mol. The molecular formula is C18H40N2O. The monoisotopic (exact) mass is 300 g/mol. The fraction of sp³-hybridized carbons (Fsp3) is 0.778. The number of amides is 1. The molecule has 3 nitrogen and oxygen atoms in total. The highest BCUT2D eigenvalue weighted by Gasteiger charge is 2.22. The quantitative estimate of drug-likeness (QED) is 0.641. The third-order valence-electron chi connectivity index (χ3n) is 2.22. The van der Waals surface area contributed by atoms with Crippen LogP contribution in [0.3, 0.4) is 0 Å². The number of carbonyl (C=O) groups is 1. The molecule has 0 radical (unpaired) electrons. The molecule has 21 heavy (non-hydrogen) atoms. The van der Waals surface area contributed by atoms with E-state index in [9.17, 15) is 4.79 Å². The summed E-state index contributed by atoms with van der Waals surface area (Å²) in [6.45, 7) is 21.4. The van der Waals surface area contributed by atoms with Crippen molar-refractivity contribution in [1.29, 1.82) is 0 Å². The molecule has 1 rings (SSSR count). The van der Waals surface area contributed by atoms with Gasteiger partial charge in [-0.25, -0.2) is 0 Å². The summed E-state index contributed by atoms with van der Waals surface area (Å²) in [5, 5.41) is 0. The van der Waals surface area contributed by atoms with Crippen LogP contribution in [0.4, 0.5) is 0 Å². The van der Waals surface area contributed by atoms with Gasteiger partial charge in [-0.2, -0.15) is 0 Å². The van der Waals surface area contributed by atoms with Gasteiger partial charge in [0, 0.05) is 25.8 Å². The summed E-state index contributed by atoms with van der Waals surface area (Å²) >= 11 is 0. The highest BCUT2D eigenvalue weighted by molar-refractivity contribution is 6.12. The molecule has 1 aliphatic rings. The summed E-state index contributed by atoms with van der Waals surface area (Å²) in [6, 6.07) is 0. The van der Waals surface area contributed by atoms with Gasteiger partial charge in [0.05, 0.1) is 6.42 Å². The Bertz CT molecular complexity index is 268. The van der Waals surface area contributed by atoms with Gasteiger partial charge in [-0.1, -0.05) is 61.5 Å². The normalized spacial score (nSPS) is 16.3. The Morgan fingerprint density at radius 1 is 1.05 bits per heavy atom. The maximum absolute atomic E-state index is 11.4. The van der Waals surface area contributed by atoms with E-state index in [0.717, 1.165) is 12.3 Å². The Balaban J connectivity index is -0.000000156. The summed E-state index contributed by atoms with van der Waals surface area (Å²) in [5.41, 5.74) is 2.15. The van der Waals surface area contributed by atoms with E-state index in [0.29, 0.717) is 13.0 Å². The van der Waals surface area contributed by atoms with Crippen LogP contribution in [0.25, 0.3) is 0 Å². The van der Waals surface area contributed by atoms with Crippen molar-refractivity contribution in [2.24, 2.45) is 4.99 Å². The van der Waals surface area contributed by atoms with Crippen LogP contribution in [0, 0.1) is 0 Å². The van der Waals surface area contributed by atoms with E-state index in [1.54, 1.807) is 4.90 Å². The second-order valence-electron chi connectivity index (χ2n) is 3.16. The highest BCUT2D eigenvalue weighted by Crippen LogP contribution is 2.13. The van der Waals surface area contributed by atoms with Crippen LogP contribution >= 0.6 is 0 Å². The minimum Gasteiger partial charge on any atom is -0.341 e. The molecule has 0 aromatic carbocycles. The zero-order valence-electron chi connectivity index (χ0n) is 16.5. The van der Waals surface area contributed by atoms with Gasteiger partial charge in [0.1, 0.15) is 0 Å². The van der Waals surface area contributed by atoms with Crippen LogP contribution in [0.15, 0.2) is 16.6 Å². The number of likely N-dealkylation sites (N-methyl/N-ethyl adjacent to an activating group) is 1. The molecule has 0 spiro atoms. The average molecular weight is 301 g/mol. The molecule has 1 fully saturated rings. The number of hydrogen-bond acceptors (Lipinski definition) is 2. The van der Waals surface area contributed by atoms with Gasteiger partial charge in [-0.05, 0) is 19.4 Å². The molecular weight excluding hydrogens is 260 g/mol. The van der Waals surface area contributed by atoms with Crippen molar-refractivity contribution < 1.29 is 4.79 Å². The van der Waals surface area contributed by atoms with E-state index < -0.39 is 0 Å². The molecule has 0 aromatic heterocycles. The number of carbonyl (C=O) groups excluding carboxylic acids is 1. The zero-order chi connectivity index (χ0) is 17.8. The van der Waals surface area contributed by atoms with Gasteiger partial charge in [0.15, 0.2) is 0 Å². The Labute approximate surface area is 134 Å². The molecule has 0 aromatic rings. The Kier molecular flexibility index (Phi) is 32.0. The Morgan fingerprint density at radius 2 is 1.48 bits per heavy atom. The van der Waals surface area contributed by atoms with Crippen LogP contribution in [0.2, 0.25) is 0 Å². The van der Waals surface area contributed by atoms with Crippen LogP contribution in [-0.4, -0.2) is 36.7 Å². The maximum atomic E-state index is 11.4. The molecule has 0 saturated carbocycles. The van der Waals surface area contributed by atoms with Crippen molar-refractivity contribution in [1.82, 2.24) is 4.90 Å². The largest absolute Gasteiger partial charge is 0.341 e. The van der Waals surface area contributed by atoms with E-state index in [4.69, 9.17) is 0 Å². The number of hydrogen-bond donors (Lipinski definition) is 0. The fourth-order valence-electron chi connectivity index (χ4n) is 1.43. The average Bonchev–Trinajstić information content (AvgIpc) is 2.58. The van der Waals surface area contributed by atoms with Crippen molar-refractivity contribution in [3.05, 3.63) is 11.6 Å². The second-order valence-corrected chi connectivity index (χ2v) is 3.16. The lowest BCUT2D eigenvalue weighted by Gasteiger charge is -2.25. The molecule has 0 bridgehead atoms. The van der Waals surface area contributed by atoms with Gasteiger partial charge in [0.2, 0.25) is 5.91 Å². The molecule has 128 valence electrons. The molecule has 0 unspecified atom stereocenters. The van der Waals surface area contributed by atoms with Gasteiger partial charge < -0.3 is 4.90 Å². The smallest absolute Gasteiger partial charge is 0.228 e. The van der Waals surface area contributed by atoms with Crippen molar-refractivity contribution in [3.8, 4) is 0 Å². The first-order valence-corrected chi connectivity index (χ1v) is 8.61. The second kappa shape index (κ2) is 23.9. The van der Waals surface area contributed by atoms with Gasteiger partial charge in [-0.15, -0.1) is 0 Å². The molecule has 0 aliphatic carbocycles. The molecule has 0 N–H and O–H groups in total. The van der Waals surface area contributed by atoms with Gasteiger partial charge in [-0.3, -0.25) is 9.79 Å². The molecule has 1 saturated heterocycles. The Morgan fingerprint density at radius 3 is 1.81 bits per heavy atom. The lowest BCUT2D eigenvalue weighted by Crippen LogP contribution is -2.37. The predicted octanol–water partition coefficient (Wildman–Crippen LogP) is 5.36. The topological polar surface area (TPSA) is 32.7 Å². The minimum absolute atomic E-state index is 0.165. The van der Waals surface area contributed by atoms with Crippen LogP contribution in [0.5, 0.6) is 0 Å². The number of aliphatic imine (C=N–C) groups is 1. The third-order valence-corrected chi connectivity index (χ3v) is 2.22. The van der Waals surface area contributed by atoms with E-state index in [-0.39, 0.29) is 5.91 Å². The SMILES string of the molecule is C/C=C1/CN(C)C(=O)CC1=NCC.CC.CC.CC.CC. The number of likely N-dealkylation sites (tertiary alicyclic amines) is 1. The fourth-order valence-corrected chi connectivity index (χ4v) is 1.43. The number of rotatable bonds is 1. The Hall–Kier alpha value is -1.12. The van der Waals surface area contributed by atoms with Crippen molar-refractivity contribution in [2.45, 2.75) is 75.7 Å². The molecule has 1 aliphatic heterocycles. The zero-order valence-corrected chi connectivity index (χ0v) is 16.5.